The van der Waals surface area contributed by atoms with Crippen LogP contribution < -0.4 is 10.3 Å². The van der Waals surface area contributed by atoms with Gasteiger partial charge in [-0.05, 0) is 43.4 Å². The number of rotatable bonds is 5. The van der Waals surface area contributed by atoms with E-state index in [0.29, 0.717) is 24.5 Å². The molecule has 0 aliphatic rings. The van der Waals surface area contributed by atoms with Crippen molar-refractivity contribution in [2.24, 2.45) is 0 Å². The maximum absolute atomic E-state index is 12.1. The number of benzene rings is 1. The van der Waals surface area contributed by atoms with Gasteiger partial charge in [0.1, 0.15) is 5.82 Å². The summed E-state index contributed by atoms with van der Waals surface area (Å²) in [5.74, 6) is 1.03. The molecule has 0 spiro atoms. The summed E-state index contributed by atoms with van der Waals surface area (Å²) in [6.07, 6.45) is 1.01. The molecule has 1 N–H and O–H groups in total. The van der Waals surface area contributed by atoms with Crippen LogP contribution in [0.15, 0.2) is 35.1 Å². The lowest BCUT2D eigenvalue weighted by molar-refractivity contribution is 0.392. The fourth-order valence-corrected chi connectivity index (χ4v) is 3.16. The first kappa shape index (κ1) is 18.6. The van der Waals surface area contributed by atoms with Crippen molar-refractivity contribution >= 4 is 10.9 Å². The summed E-state index contributed by atoms with van der Waals surface area (Å²) in [6, 6.07) is 11.8. The lowest BCUT2D eigenvalue weighted by Gasteiger charge is -2.22. The van der Waals surface area contributed by atoms with Gasteiger partial charge in [-0.1, -0.05) is 19.1 Å². The highest BCUT2D eigenvalue weighted by Gasteiger charge is 2.29. The number of hydrogen-bond donors (Lipinski definition) is 1. The third-order valence-electron chi connectivity index (χ3n) is 4.79. The minimum Gasteiger partial charge on any atom is -0.481 e. The number of nitriles is 1. The molecular formula is C21H22N4O2. The van der Waals surface area contributed by atoms with Crippen molar-refractivity contribution in [2.45, 2.75) is 39.0 Å². The van der Waals surface area contributed by atoms with Crippen LogP contribution in [0.5, 0.6) is 5.88 Å². The molecule has 0 saturated heterocycles. The number of pyridine rings is 1. The second-order valence-electron chi connectivity index (χ2n) is 6.87. The summed E-state index contributed by atoms with van der Waals surface area (Å²) >= 11 is 0. The van der Waals surface area contributed by atoms with E-state index in [4.69, 9.17) is 4.74 Å². The van der Waals surface area contributed by atoms with E-state index in [-0.39, 0.29) is 5.56 Å². The number of aromatic nitrogens is 3. The Morgan fingerprint density at radius 3 is 2.70 bits per heavy atom. The molecule has 0 amide bonds. The molecular weight excluding hydrogens is 340 g/mol. The molecule has 0 bridgehead atoms. The molecule has 1 aromatic carbocycles. The van der Waals surface area contributed by atoms with Crippen molar-refractivity contribution in [3.8, 4) is 11.9 Å². The van der Waals surface area contributed by atoms with E-state index in [9.17, 15) is 10.1 Å². The number of aromatic amines is 1. The van der Waals surface area contributed by atoms with Crippen LogP contribution in [0.2, 0.25) is 0 Å². The van der Waals surface area contributed by atoms with Gasteiger partial charge in [-0.3, -0.25) is 4.79 Å². The number of hydrogen-bond acceptors (Lipinski definition) is 5. The van der Waals surface area contributed by atoms with Crippen LogP contribution in [0.3, 0.4) is 0 Å². The van der Waals surface area contributed by atoms with Crippen LogP contribution >= 0.6 is 0 Å². The van der Waals surface area contributed by atoms with Gasteiger partial charge in [0.05, 0.1) is 18.6 Å². The summed E-state index contributed by atoms with van der Waals surface area (Å²) in [5.41, 5.74) is 2.13. The van der Waals surface area contributed by atoms with Gasteiger partial charge in [-0.2, -0.15) is 10.2 Å². The second kappa shape index (κ2) is 7.20. The lowest BCUT2D eigenvalue weighted by atomic mass is 9.80. The van der Waals surface area contributed by atoms with Crippen molar-refractivity contribution in [3.05, 3.63) is 63.3 Å². The quantitative estimate of drug-likeness (QED) is 0.752. The zero-order valence-corrected chi connectivity index (χ0v) is 16.0. The predicted molar refractivity (Wildman–Crippen MR) is 104 cm³/mol. The fourth-order valence-electron chi connectivity index (χ4n) is 3.16. The average molecular weight is 362 g/mol. The molecule has 0 radical (unpaired) electrons. The van der Waals surface area contributed by atoms with Crippen LogP contribution in [0.1, 0.15) is 36.5 Å². The Morgan fingerprint density at radius 1 is 1.26 bits per heavy atom. The Morgan fingerprint density at radius 2 is 2.04 bits per heavy atom. The molecule has 2 aromatic heterocycles. The monoisotopic (exact) mass is 362 g/mol. The molecule has 3 rings (SSSR count). The molecule has 0 aliphatic carbocycles. The van der Waals surface area contributed by atoms with Crippen molar-refractivity contribution < 1.29 is 4.74 Å². The highest BCUT2D eigenvalue weighted by molar-refractivity contribution is 5.80. The van der Waals surface area contributed by atoms with Crippen molar-refractivity contribution in [2.75, 3.05) is 7.11 Å². The minimum absolute atomic E-state index is 0.0902. The first-order valence-corrected chi connectivity index (χ1v) is 8.85. The van der Waals surface area contributed by atoms with E-state index in [2.05, 4.69) is 21.0 Å². The second-order valence-corrected chi connectivity index (χ2v) is 6.87. The summed E-state index contributed by atoms with van der Waals surface area (Å²) in [4.78, 5) is 23.9. The maximum atomic E-state index is 12.1. The van der Waals surface area contributed by atoms with Gasteiger partial charge in [0.2, 0.25) is 5.88 Å². The Balaban J connectivity index is 2.05. The Hall–Kier alpha value is -3.20. The highest BCUT2D eigenvalue weighted by Crippen LogP contribution is 2.29. The Kier molecular flexibility index (Phi) is 4.95. The minimum atomic E-state index is -0.840. The summed E-state index contributed by atoms with van der Waals surface area (Å²) in [7, 11) is 1.55. The van der Waals surface area contributed by atoms with Crippen molar-refractivity contribution in [1.29, 1.82) is 5.26 Å². The van der Waals surface area contributed by atoms with E-state index in [1.54, 1.807) is 13.2 Å². The van der Waals surface area contributed by atoms with Gasteiger partial charge in [0, 0.05) is 29.3 Å². The topological polar surface area (TPSA) is 91.7 Å². The first-order valence-electron chi connectivity index (χ1n) is 8.85. The molecule has 27 heavy (non-hydrogen) atoms. The van der Waals surface area contributed by atoms with Crippen LogP contribution in [0, 0.1) is 18.3 Å². The van der Waals surface area contributed by atoms with E-state index < -0.39 is 5.41 Å². The SMILES string of the molecule is CCc1cc2ccc(C(C)(C#N)Cc3nc(C)cc(OC)n3)cc2[nH]c1=O. The van der Waals surface area contributed by atoms with Gasteiger partial charge in [0.15, 0.2) is 0 Å². The van der Waals surface area contributed by atoms with Gasteiger partial charge in [0.25, 0.3) is 5.56 Å². The van der Waals surface area contributed by atoms with Crippen molar-refractivity contribution in [3.63, 3.8) is 0 Å². The normalized spacial score (nSPS) is 13.1. The third kappa shape index (κ3) is 3.68. The lowest BCUT2D eigenvalue weighted by Crippen LogP contribution is -2.24. The van der Waals surface area contributed by atoms with Gasteiger partial charge in [-0.25, -0.2) is 4.98 Å². The van der Waals surface area contributed by atoms with E-state index in [0.717, 1.165) is 27.7 Å². The van der Waals surface area contributed by atoms with E-state index >= 15 is 0 Å². The highest BCUT2D eigenvalue weighted by atomic mass is 16.5. The van der Waals surface area contributed by atoms with Gasteiger partial charge in [-0.15, -0.1) is 0 Å². The van der Waals surface area contributed by atoms with Gasteiger partial charge >= 0.3 is 0 Å². The zero-order chi connectivity index (χ0) is 19.6. The summed E-state index contributed by atoms with van der Waals surface area (Å²) in [6.45, 7) is 5.67. The molecule has 1 atom stereocenters. The van der Waals surface area contributed by atoms with E-state index in [1.165, 1.54) is 0 Å². The zero-order valence-electron chi connectivity index (χ0n) is 16.0. The number of nitrogens with one attached hydrogen (secondary N) is 1. The maximum Gasteiger partial charge on any atom is 0.251 e. The molecule has 6 nitrogen and oxygen atoms in total. The predicted octanol–water partition coefficient (Wildman–Crippen LogP) is 3.22. The molecule has 6 heteroatoms. The van der Waals surface area contributed by atoms with Crippen molar-refractivity contribution in [1.82, 2.24) is 15.0 Å². The standard InChI is InChI=1S/C21H22N4O2/c1-5-14-9-15-6-7-16(10-17(15)24-20(14)26)21(3,12-22)11-18-23-13(2)8-19(25-18)27-4/h6-10H,5,11H2,1-4H3,(H,24,26). The number of ether oxygens (including phenoxy) is 1. The van der Waals surface area contributed by atoms with Crippen LogP contribution in [-0.4, -0.2) is 22.1 Å². The number of aryl methyl sites for hydroxylation is 2. The summed E-state index contributed by atoms with van der Waals surface area (Å²) < 4.78 is 5.21. The number of fused-ring (bicyclic) bond motifs is 1. The molecule has 138 valence electrons. The van der Waals surface area contributed by atoms with E-state index in [1.807, 2.05) is 45.0 Å². The van der Waals surface area contributed by atoms with Crippen LogP contribution in [0.25, 0.3) is 10.9 Å². The largest absolute Gasteiger partial charge is 0.481 e. The third-order valence-corrected chi connectivity index (χ3v) is 4.79. The molecule has 2 heterocycles. The molecule has 3 aromatic rings. The Labute approximate surface area is 157 Å². The Bertz CT molecular complexity index is 1100. The molecule has 1 unspecified atom stereocenters. The molecule has 0 saturated carbocycles. The van der Waals surface area contributed by atoms with Gasteiger partial charge < -0.3 is 9.72 Å². The smallest absolute Gasteiger partial charge is 0.251 e. The fraction of sp³-hybridized carbons (Fsp3) is 0.333. The summed E-state index contributed by atoms with van der Waals surface area (Å²) in [5, 5.41) is 10.8. The number of methoxy groups -OCH3 is 1. The molecule has 0 fully saturated rings. The number of H-pyrrole nitrogens is 1. The molecule has 0 aliphatic heterocycles. The number of nitrogens with zero attached hydrogens (tertiary/aromatic N) is 3. The average Bonchev–Trinajstić information content (AvgIpc) is 2.66. The first-order chi connectivity index (χ1) is 12.9. The van der Waals surface area contributed by atoms with Crippen LogP contribution in [-0.2, 0) is 18.3 Å². The van der Waals surface area contributed by atoms with Crippen LogP contribution in [0.4, 0.5) is 0 Å².